The second-order valence-corrected chi connectivity index (χ2v) is 29.6. The van der Waals surface area contributed by atoms with E-state index < -0.39 is 0 Å². The Morgan fingerprint density at radius 1 is 0.195 bits per heavy atom. The van der Waals surface area contributed by atoms with Crippen LogP contribution in [0.25, 0.3) is 175 Å². The van der Waals surface area contributed by atoms with Gasteiger partial charge in [-0.2, -0.15) is 0 Å². The zero-order valence-electron chi connectivity index (χ0n) is 61.6. The monoisotopic (exact) mass is 1510 g/mol. The molecule has 5 heteroatoms. The number of fused-ring (bicyclic) bond motifs is 14. The summed E-state index contributed by atoms with van der Waals surface area (Å²) >= 11 is 3.58. The third kappa shape index (κ3) is 13.0. The van der Waals surface area contributed by atoms with Crippen molar-refractivity contribution in [1.29, 1.82) is 0 Å². The first-order valence-electron chi connectivity index (χ1n) is 38.4. The minimum Gasteiger partial charge on any atom is -0.455 e. The molecule has 0 amide bonds. The van der Waals surface area contributed by atoms with Crippen LogP contribution in [-0.2, 0) is 0 Å². The number of halogens is 1. The van der Waals surface area contributed by atoms with Crippen LogP contribution < -0.4 is 10.2 Å². The lowest BCUT2D eigenvalue weighted by Gasteiger charge is -2.27. The zero-order chi connectivity index (χ0) is 75.1. The van der Waals surface area contributed by atoms with Crippen LogP contribution in [0.5, 0.6) is 0 Å². The Morgan fingerprint density at radius 3 is 0.973 bits per heavy atom. The molecule has 2 aromatic heterocycles. The van der Waals surface area contributed by atoms with E-state index >= 15 is 0 Å². The fourth-order valence-electron chi connectivity index (χ4n) is 16.5. The van der Waals surface area contributed by atoms with Gasteiger partial charge in [-0.05, 0) is 188 Å². The molecule has 20 aromatic carbocycles. The van der Waals surface area contributed by atoms with E-state index in [1.54, 1.807) is 0 Å². The van der Waals surface area contributed by atoms with Crippen molar-refractivity contribution in [3.63, 3.8) is 0 Å². The lowest BCUT2D eigenvalue weighted by atomic mass is 9.96. The summed E-state index contributed by atoms with van der Waals surface area (Å²) in [7, 11) is 0. The smallest absolute Gasteiger partial charge is 0.143 e. The van der Waals surface area contributed by atoms with Crippen LogP contribution in [0.4, 0.5) is 28.4 Å². The molecule has 22 rings (SSSR count). The summed E-state index contributed by atoms with van der Waals surface area (Å²) in [6.07, 6.45) is 0. The van der Waals surface area contributed by atoms with E-state index in [0.29, 0.717) is 0 Å². The molecule has 532 valence electrons. The normalized spacial score (nSPS) is 11.4. The van der Waals surface area contributed by atoms with Crippen LogP contribution in [0, 0.1) is 0 Å². The summed E-state index contributed by atoms with van der Waals surface area (Å²) < 4.78 is 13.8. The minimum absolute atomic E-state index is 0.908. The lowest BCUT2D eigenvalue weighted by molar-refractivity contribution is 0.669. The van der Waals surface area contributed by atoms with Gasteiger partial charge in [0.2, 0.25) is 0 Å². The highest BCUT2D eigenvalue weighted by atomic mass is 79.9. The lowest BCUT2D eigenvalue weighted by Crippen LogP contribution is -2.10. The molecule has 1 N–H and O–H groups in total. The number of benzene rings is 20. The molecular weight excluding hydrogens is 1440 g/mol. The van der Waals surface area contributed by atoms with Gasteiger partial charge in [0.05, 0.1) is 5.69 Å². The summed E-state index contributed by atoms with van der Waals surface area (Å²) in [5.74, 6) is 0. The maximum Gasteiger partial charge on any atom is 0.143 e. The van der Waals surface area contributed by atoms with Crippen molar-refractivity contribution in [1.82, 2.24) is 0 Å². The molecule has 0 spiro atoms. The molecule has 22 aromatic rings. The molecule has 2 heterocycles. The number of hydrogen-bond donors (Lipinski definition) is 1. The van der Waals surface area contributed by atoms with Gasteiger partial charge in [0.25, 0.3) is 0 Å². The van der Waals surface area contributed by atoms with Gasteiger partial charge in [-0.15, -0.1) is 0 Å². The van der Waals surface area contributed by atoms with E-state index in [1.165, 1.54) is 109 Å². The minimum atomic E-state index is 0.908. The first-order chi connectivity index (χ1) is 55.9. The standard InChI is InChI=1S/C54H35NO.C40H27NO.C14H9Br/c1-3-13-44-38(10-1)12-7-16-45(44)40-24-22-36(23-25-40)37-26-31-42(32-27-37)55(52-20-9-18-48-46-14-4-2-11-39(46)30-35-49(48)52)43-33-28-41(29-34-43)47-17-8-19-51-50-15-5-6-21-53(50)56-54(47)51;1-2-9-34-29(7-1)8-5-11-35(34)30-17-15-27(16-18-30)28-19-23-32(24-20-28)41-33-25-21-31(22-26-33)36-12-6-13-38-37-10-3-4-14-39(37)42-40(36)38;15-14-7-3-6-12-11-5-2-1-4-10(11)8-9-13(12)14/h1-35H;1-26,41H;1-9H. The zero-order valence-corrected chi connectivity index (χ0v) is 63.1. The number of nitrogens with zero attached hydrogens (tertiary/aromatic N) is 1. The fourth-order valence-corrected chi connectivity index (χ4v) is 17.0. The van der Waals surface area contributed by atoms with Gasteiger partial charge in [-0.1, -0.05) is 368 Å². The average Bonchev–Trinajstić information content (AvgIpc) is 1.75. The first-order valence-corrected chi connectivity index (χ1v) is 39.1. The molecule has 0 radical (unpaired) electrons. The average molecular weight is 1510 g/mol. The number of rotatable bonds is 11. The van der Waals surface area contributed by atoms with E-state index in [1.807, 2.05) is 24.3 Å². The highest BCUT2D eigenvalue weighted by molar-refractivity contribution is 9.10. The van der Waals surface area contributed by atoms with Crippen LogP contribution in [0.15, 0.2) is 438 Å². The molecule has 0 aliphatic rings. The van der Waals surface area contributed by atoms with Gasteiger partial charge in [-0.25, -0.2) is 0 Å². The van der Waals surface area contributed by atoms with Gasteiger partial charge in [0, 0.05) is 65.3 Å². The van der Waals surface area contributed by atoms with E-state index in [9.17, 15) is 0 Å². The van der Waals surface area contributed by atoms with Crippen LogP contribution >= 0.6 is 15.9 Å². The topological polar surface area (TPSA) is 41.6 Å². The highest BCUT2D eigenvalue weighted by Gasteiger charge is 2.20. The van der Waals surface area contributed by atoms with Gasteiger partial charge < -0.3 is 19.1 Å². The molecule has 113 heavy (non-hydrogen) atoms. The predicted octanol–water partition coefficient (Wildman–Crippen LogP) is 31.8. The number of hydrogen-bond acceptors (Lipinski definition) is 4. The number of anilines is 5. The molecule has 0 aliphatic carbocycles. The van der Waals surface area contributed by atoms with Crippen molar-refractivity contribution in [2.45, 2.75) is 0 Å². The van der Waals surface area contributed by atoms with Crippen LogP contribution in [0.2, 0.25) is 0 Å². The van der Waals surface area contributed by atoms with E-state index in [4.69, 9.17) is 8.83 Å². The molecule has 0 aliphatic heterocycles. The van der Waals surface area contributed by atoms with E-state index in [0.717, 1.165) is 99.0 Å². The molecule has 0 atom stereocenters. The van der Waals surface area contributed by atoms with Crippen molar-refractivity contribution in [3.05, 3.63) is 429 Å². The molecule has 0 bridgehead atoms. The SMILES string of the molecule is Brc1cccc2c1ccc1ccccc12.c1ccc2c(-c3ccc(-c4ccc(N(c5ccc(-c6cccc7c6oc6ccccc67)cc5)c5cccc6c5ccc5ccccc56)cc4)cc3)cccc2c1.c1ccc2c(-c3ccc(-c4ccc(Nc5ccc(-c6cccc7c6oc6ccccc67)cc5)cc4)cc3)cccc2c1. The number of furan rings is 2. The van der Waals surface area contributed by atoms with Crippen molar-refractivity contribution in [2.24, 2.45) is 0 Å². The molecular formula is C108H71BrN2O2. The van der Waals surface area contributed by atoms with Crippen molar-refractivity contribution in [2.75, 3.05) is 10.2 Å². The maximum atomic E-state index is 6.42. The Balaban J connectivity index is 0.000000127. The van der Waals surface area contributed by atoms with Crippen LogP contribution in [0.1, 0.15) is 0 Å². The number of nitrogens with one attached hydrogen (secondary N) is 1. The Morgan fingerprint density at radius 2 is 0.496 bits per heavy atom. The van der Waals surface area contributed by atoms with Crippen molar-refractivity contribution >= 4 is 153 Å². The van der Waals surface area contributed by atoms with Gasteiger partial charge in [-0.3, -0.25) is 0 Å². The first kappa shape index (κ1) is 68.0. The van der Waals surface area contributed by atoms with E-state index in [-0.39, 0.29) is 0 Å². The largest absolute Gasteiger partial charge is 0.455 e. The van der Waals surface area contributed by atoms with Crippen molar-refractivity contribution in [3.8, 4) is 66.8 Å². The molecule has 4 nitrogen and oxygen atoms in total. The van der Waals surface area contributed by atoms with Crippen molar-refractivity contribution < 1.29 is 8.83 Å². The Labute approximate surface area is 663 Å². The van der Waals surface area contributed by atoms with Crippen LogP contribution in [-0.4, -0.2) is 0 Å². The van der Waals surface area contributed by atoms with Crippen LogP contribution in [0.3, 0.4) is 0 Å². The summed E-state index contributed by atoms with van der Waals surface area (Å²) in [6, 6.07) is 151. The molecule has 0 saturated carbocycles. The Hall–Kier alpha value is -14.4. The maximum absolute atomic E-state index is 6.42. The molecule has 0 saturated heterocycles. The Bertz CT molecular complexity index is 7300. The van der Waals surface area contributed by atoms with E-state index in [2.05, 4.69) is 427 Å². The highest BCUT2D eigenvalue weighted by Crippen LogP contribution is 2.45. The number of para-hydroxylation sites is 4. The second-order valence-electron chi connectivity index (χ2n) is 28.8. The van der Waals surface area contributed by atoms with Gasteiger partial charge in [0.1, 0.15) is 22.3 Å². The third-order valence-electron chi connectivity index (χ3n) is 22.1. The summed E-state index contributed by atoms with van der Waals surface area (Å²) in [5.41, 5.74) is 23.2. The molecule has 0 fully saturated rings. The second kappa shape index (κ2) is 29.6. The van der Waals surface area contributed by atoms with Gasteiger partial charge >= 0.3 is 0 Å². The third-order valence-corrected chi connectivity index (χ3v) is 22.8. The fraction of sp³-hybridized carbons (Fsp3) is 0. The quantitative estimate of drug-likeness (QED) is 0.131. The summed E-state index contributed by atoms with van der Waals surface area (Å²) in [5, 5.41) is 23.3. The Kier molecular flexibility index (Phi) is 17.8. The summed E-state index contributed by atoms with van der Waals surface area (Å²) in [6.45, 7) is 0. The summed E-state index contributed by atoms with van der Waals surface area (Å²) in [4.78, 5) is 2.38. The van der Waals surface area contributed by atoms with Gasteiger partial charge in [0.15, 0.2) is 0 Å². The molecule has 0 unspecified atom stereocenters. The predicted molar refractivity (Wildman–Crippen MR) is 484 cm³/mol.